The number of nitrogens with zero attached hydrogens (tertiary/aromatic N) is 2. The number of para-hydroxylation sites is 1. The summed E-state index contributed by atoms with van der Waals surface area (Å²) in [6.07, 6.45) is 1.75. The number of benzene rings is 2. The molecule has 0 N–H and O–H groups in total. The molecule has 0 saturated carbocycles. The number of hydrogen-bond donors (Lipinski definition) is 0. The minimum atomic E-state index is -0.308. The summed E-state index contributed by atoms with van der Waals surface area (Å²) >= 11 is 0. The maximum absolute atomic E-state index is 13.2. The molecule has 2 aromatic carbocycles. The third-order valence-corrected chi connectivity index (χ3v) is 5.02. The molecule has 1 aliphatic heterocycles. The fraction of sp³-hybridized carbons (Fsp3) is 0.333. The van der Waals surface area contributed by atoms with Gasteiger partial charge in [-0.15, -0.1) is 0 Å². The van der Waals surface area contributed by atoms with Crippen molar-refractivity contribution in [3.63, 3.8) is 0 Å². The van der Waals surface area contributed by atoms with E-state index < -0.39 is 0 Å². The largest absolute Gasteiger partial charge is 0.497 e. The van der Waals surface area contributed by atoms with Crippen LogP contribution in [-0.2, 0) is 17.8 Å². The summed E-state index contributed by atoms with van der Waals surface area (Å²) in [5.74, 6) is 0.734. The molecule has 1 unspecified atom stereocenters. The van der Waals surface area contributed by atoms with Crippen LogP contribution in [0.3, 0.4) is 0 Å². The summed E-state index contributed by atoms with van der Waals surface area (Å²) < 4.78 is 13.9. The molecule has 0 amide bonds. The highest BCUT2D eigenvalue weighted by atomic mass is 16.5. The lowest BCUT2D eigenvalue weighted by atomic mass is 10.2. The predicted octanol–water partition coefficient (Wildman–Crippen LogP) is 2.40. The first-order valence-electron chi connectivity index (χ1n) is 9.14. The Morgan fingerprint density at radius 3 is 2.74 bits per heavy atom. The Kier molecular flexibility index (Phi) is 4.81. The van der Waals surface area contributed by atoms with Gasteiger partial charge in [-0.1, -0.05) is 24.3 Å². The lowest BCUT2D eigenvalue weighted by molar-refractivity contribution is 0.0948. The Bertz CT molecular complexity index is 1080. The van der Waals surface area contributed by atoms with E-state index in [1.165, 1.54) is 4.57 Å². The van der Waals surface area contributed by atoms with E-state index in [0.29, 0.717) is 30.6 Å². The average Bonchev–Trinajstić information content (AvgIpc) is 3.22. The van der Waals surface area contributed by atoms with E-state index in [4.69, 9.17) is 9.47 Å². The minimum absolute atomic E-state index is 0.0816. The topological polar surface area (TPSA) is 62.5 Å². The molecular weight excluding hydrogens is 344 g/mol. The molecule has 0 spiro atoms. The van der Waals surface area contributed by atoms with Crippen molar-refractivity contribution in [3.05, 3.63) is 74.9 Å². The molecule has 1 aliphatic rings. The molecule has 1 aromatic heterocycles. The first-order valence-corrected chi connectivity index (χ1v) is 9.14. The maximum atomic E-state index is 13.2. The van der Waals surface area contributed by atoms with E-state index in [9.17, 15) is 9.59 Å². The standard InChI is InChI=1S/C21H22N2O4/c1-26-16-7-4-6-15(12-16)13-22-19-10-3-2-9-18(19)20(24)23(21(22)25)14-17-8-5-11-27-17/h2-4,6-7,9-10,12,17H,5,8,11,13-14H2,1H3. The van der Waals surface area contributed by atoms with Crippen LogP contribution in [0.15, 0.2) is 58.1 Å². The molecule has 0 bridgehead atoms. The molecule has 6 heteroatoms. The van der Waals surface area contributed by atoms with Gasteiger partial charge in [0.15, 0.2) is 0 Å². The highest BCUT2D eigenvalue weighted by molar-refractivity contribution is 5.77. The van der Waals surface area contributed by atoms with Gasteiger partial charge in [0.1, 0.15) is 5.75 Å². The van der Waals surface area contributed by atoms with Crippen molar-refractivity contribution in [2.75, 3.05) is 13.7 Å². The monoisotopic (exact) mass is 366 g/mol. The molecule has 1 saturated heterocycles. The number of methoxy groups -OCH3 is 1. The van der Waals surface area contributed by atoms with Gasteiger partial charge in [-0.3, -0.25) is 13.9 Å². The zero-order valence-electron chi connectivity index (χ0n) is 15.3. The van der Waals surface area contributed by atoms with Crippen molar-refractivity contribution >= 4 is 10.9 Å². The van der Waals surface area contributed by atoms with E-state index in [1.54, 1.807) is 17.7 Å². The van der Waals surface area contributed by atoms with Crippen LogP contribution < -0.4 is 16.0 Å². The van der Waals surface area contributed by atoms with Gasteiger partial charge in [-0.05, 0) is 42.7 Å². The van der Waals surface area contributed by atoms with Gasteiger partial charge in [-0.2, -0.15) is 0 Å². The second-order valence-electron chi connectivity index (χ2n) is 6.79. The molecule has 4 rings (SSSR count). The average molecular weight is 366 g/mol. The Morgan fingerprint density at radius 1 is 1.11 bits per heavy atom. The third kappa shape index (κ3) is 3.40. The zero-order chi connectivity index (χ0) is 18.8. The van der Waals surface area contributed by atoms with Crippen LogP contribution in [-0.4, -0.2) is 29.0 Å². The van der Waals surface area contributed by atoms with E-state index >= 15 is 0 Å². The SMILES string of the molecule is COc1cccc(Cn2c(=O)n(CC3CCCO3)c(=O)c3ccccc32)c1. The molecular formula is C21H22N2O4. The second kappa shape index (κ2) is 7.40. The highest BCUT2D eigenvalue weighted by Crippen LogP contribution is 2.16. The molecule has 27 heavy (non-hydrogen) atoms. The van der Waals surface area contributed by atoms with Crippen LogP contribution in [0.1, 0.15) is 18.4 Å². The summed E-state index contributed by atoms with van der Waals surface area (Å²) in [6.45, 7) is 1.34. The molecule has 140 valence electrons. The van der Waals surface area contributed by atoms with Crippen molar-refractivity contribution in [1.82, 2.24) is 9.13 Å². The first-order chi connectivity index (χ1) is 13.2. The lowest BCUT2D eigenvalue weighted by Gasteiger charge is -2.16. The minimum Gasteiger partial charge on any atom is -0.497 e. The molecule has 1 atom stereocenters. The fourth-order valence-corrected chi connectivity index (χ4v) is 3.63. The third-order valence-electron chi connectivity index (χ3n) is 5.02. The van der Waals surface area contributed by atoms with Crippen LogP contribution in [0.25, 0.3) is 10.9 Å². The second-order valence-corrected chi connectivity index (χ2v) is 6.79. The van der Waals surface area contributed by atoms with Gasteiger partial charge in [0.05, 0.1) is 37.2 Å². The molecule has 2 heterocycles. The number of rotatable bonds is 5. The van der Waals surface area contributed by atoms with Gasteiger partial charge >= 0.3 is 5.69 Å². The normalized spacial score (nSPS) is 16.7. The number of fused-ring (bicyclic) bond motifs is 1. The van der Waals surface area contributed by atoms with Gasteiger partial charge in [0, 0.05) is 6.61 Å². The Hall–Kier alpha value is -2.86. The summed E-state index contributed by atoms with van der Waals surface area (Å²) in [4.78, 5) is 26.1. The van der Waals surface area contributed by atoms with E-state index in [-0.39, 0.29) is 17.4 Å². The molecule has 6 nitrogen and oxygen atoms in total. The van der Waals surface area contributed by atoms with Crippen LogP contribution in [0.5, 0.6) is 5.75 Å². The molecule has 3 aromatic rings. The van der Waals surface area contributed by atoms with E-state index in [1.807, 2.05) is 42.5 Å². The molecule has 0 radical (unpaired) electrons. The van der Waals surface area contributed by atoms with Gasteiger partial charge in [-0.25, -0.2) is 4.79 Å². The predicted molar refractivity (Wildman–Crippen MR) is 104 cm³/mol. The Morgan fingerprint density at radius 2 is 1.96 bits per heavy atom. The maximum Gasteiger partial charge on any atom is 0.331 e. The molecule has 0 aliphatic carbocycles. The summed E-state index contributed by atoms with van der Waals surface area (Å²) in [6, 6.07) is 14.8. The van der Waals surface area contributed by atoms with Gasteiger partial charge in [0.25, 0.3) is 5.56 Å². The summed E-state index contributed by atoms with van der Waals surface area (Å²) in [7, 11) is 1.61. The number of aromatic nitrogens is 2. The Balaban J connectivity index is 1.85. The number of hydrogen-bond acceptors (Lipinski definition) is 4. The molecule has 1 fully saturated rings. The highest BCUT2D eigenvalue weighted by Gasteiger charge is 2.20. The summed E-state index contributed by atoms with van der Waals surface area (Å²) in [5, 5.41) is 0.540. The van der Waals surface area contributed by atoms with Crippen molar-refractivity contribution in [1.29, 1.82) is 0 Å². The fourth-order valence-electron chi connectivity index (χ4n) is 3.63. The van der Waals surface area contributed by atoms with E-state index in [0.717, 1.165) is 24.2 Å². The van der Waals surface area contributed by atoms with Crippen LogP contribution >= 0.6 is 0 Å². The lowest BCUT2D eigenvalue weighted by Crippen LogP contribution is -2.42. The van der Waals surface area contributed by atoms with Crippen molar-refractivity contribution < 1.29 is 9.47 Å². The Labute approximate surface area is 156 Å². The van der Waals surface area contributed by atoms with E-state index in [2.05, 4.69) is 0 Å². The zero-order valence-corrected chi connectivity index (χ0v) is 15.3. The van der Waals surface area contributed by atoms with Crippen LogP contribution in [0.2, 0.25) is 0 Å². The summed E-state index contributed by atoms with van der Waals surface area (Å²) in [5.41, 5.74) is 1.01. The first kappa shape index (κ1) is 17.5. The van der Waals surface area contributed by atoms with Crippen molar-refractivity contribution in [2.24, 2.45) is 0 Å². The van der Waals surface area contributed by atoms with Gasteiger partial charge < -0.3 is 9.47 Å². The van der Waals surface area contributed by atoms with Crippen LogP contribution in [0.4, 0.5) is 0 Å². The van der Waals surface area contributed by atoms with Crippen LogP contribution in [0, 0.1) is 0 Å². The quantitative estimate of drug-likeness (QED) is 0.696. The number of ether oxygens (including phenoxy) is 2. The van der Waals surface area contributed by atoms with Gasteiger partial charge in [0.2, 0.25) is 0 Å². The van der Waals surface area contributed by atoms with Crippen molar-refractivity contribution in [2.45, 2.75) is 32.0 Å². The smallest absolute Gasteiger partial charge is 0.331 e. The van der Waals surface area contributed by atoms with Crippen molar-refractivity contribution in [3.8, 4) is 5.75 Å².